The lowest BCUT2D eigenvalue weighted by atomic mass is 10.1. The van der Waals surface area contributed by atoms with Crippen LogP contribution in [0.4, 0.5) is 11.4 Å². The lowest BCUT2D eigenvalue weighted by Crippen LogP contribution is -2.22. The number of amides is 2. The monoisotopic (exact) mass is 458 g/mol. The average Bonchev–Trinajstić information content (AvgIpc) is 3.17. The summed E-state index contributed by atoms with van der Waals surface area (Å²) in [7, 11) is 0. The van der Waals surface area contributed by atoms with Gasteiger partial charge >= 0.3 is 5.63 Å². The van der Waals surface area contributed by atoms with Gasteiger partial charge in [-0.25, -0.2) is 4.79 Å². The molecule has 5 aromatic rings. The average molecular weight is 459 g/mol. The summed E-state index contributed by atoms with van der Waals surface area (Å²) in [5, 5.41) is 6.91. The minimum absolute atomic E-state index is 0.116. The van der Waals surface area contributed by atoms with Crippen LogP contribution in [0.2, 0.25) is 5.02 Å². The van der Waals surface area contributed by atoms with Crippen LogP contribution in [0.25, 0.3) is 21.9 Å². The second-order valence-corrected chi connectivity index (χ2v) is 7.64. The highest BCUT2D eigenvalue weighted by molar-refractivity contribution is 6.31. The Balaban J connectivity index is 1.54. The predicted octanol–water partition coefficient (Wildman–Crippen LogP) is 5.70. The van der Waals surface area contributed by atoms with E-state index in [-0.39, 0.29) is 17.0 Å². The first-order valence-electron chi connectivity index (χ1n) is 9.92. The summed E-state index contributed by atoms with van der Waals surface area (Å²) >= 11 is 5.99. The largest absolute Gasteiger partial charge is 0.449 e. The molecule has 0 radical (unpaired) electrons. The molecule has 3 aromatic carbocycles. The molecule has 0 fully saturated rings. The lowest BCUT2D eigenvalue weighted by Gasteiger charge is -2.08. The first-order chi connectivity index (χ1) is 16.0. The molecular formula is C25H15ClN2O5. The predicted molar refractivity (Wildman–Crippen MR) is 126 cm³/mol. The van der Waals surface area contributed by atoms with Gasteiger partial charge in [-0.15, -0.1) is 0 Å². The van der Waals surface area contributed by atoms with Crippen LogP contribution in [-0.2, 0) is 0 Å². The van der Waals surface area contributed by atoms with E-state index in [1.54, 1.807) is 72.8 Å². The maximum absolute atomic E-state index is 13.0. The number of para-hydroxylation sites is 2. The number of carbonyl (C=O) groups excluding carboxylic acids is 2. The molecule has 162 valence electrons. The third kappa shape index (κ3) is 3.97. The number of benzene rings is 3. The van der Waals surface area contributed by atoms with E-state index in [2.05, 4.69) is 10.6 Å². The molecule has 8 heteroatoms. The van der Waals surface area contributed by atoms with Gasteiger partial charge in [-0.1, -0.05) is 48.0 Å². The Morgan fingerprint density at radius 1 is 0.758 bits per heavy atom. The molecule has 0 aliphatic carbocycles. The molecule has 0 saturated carbocycles. The van der Waals surface area contributed by atoms with E-state index in [0.717, 1.165) is 0 Å². The van der Waals surface area contributed by atoms with Crippen LogP contribution in [0.5, 0.6) is 0 Å². The van der Waals surface area contributed by atoms with E-state index < -0.39 is 17.4 Å². The molecule has 0 aliphatic heterocycles. The van der Waals surface area contributed by atoms with E-state index in [0.29, 0.717) is 32.6 Å². The number of nitrogens with one attached hydrogen (secondary N) is 2. The van der Waals surface area contributed by atoms with Crippen molar-refractivity contribution in [2.24, 2.45) is 0 Å². The summed E-state index contributed by atoms with van der Waals surface area (Å²) < 4.78 is 11.0. The zero-order valence-corrected chi connectivity index (χ0v) is 17.7. The minimum atomic E-state index is -0.788. The molecule has 0 aliphatic rings. The number of fused-ring (bicyclic) bond motifs is 2. The number of anilines is 2. The third-order valence-electron chi connectivity index (χ3n) is 5.01. The summed E-state index contributed by atoms with van der Waals surface area (Å²) in [6, 6.07) is 21.8. The van der Waals surface area contributed by atoms with Gasteiger partial charge in [0.2, 0.25) is 5.76 Å². The standard InChI is InChI=1S/C25H15ClN2O5/c26-15-7-5-8-16(13-15)27-24(30)22-21(17-9-2-4-11-20(17)32-22)28-23(29)18-12-14-6-1-3-10-19(14)33-25(18)31/h1-13H,(H,27,30)(H,28,29). The van der Waals surface area contributed by atoms with Crippen molar-refractivity contribution in [2.45, 2.75) is 0 Å². The van der Waals surface area contributed by atoms with Gasteiger partial charge in [0, 0.05) is 21.5 Å². The minimum Gasteiger partial charge on any atom is -0.449 e. The molecule has 2 N–H and O–H groups in total. The second kappa shape index (κ2) is 8.29. The van der Waals surface area contributed by atoms with E-state index in [1.165, 1.54) is 6.07 Å². The van der Waals surface area contributed by atoms with Gasteiger partial charge in [-0.2, -0.15) is 0 Å². The quantitative estimate of drug-likeness (QED) is 0.336. The summed E-state index contributed by atoms with van der Waals surface area (Å²) in [6.07, 6.45) is 0. The van der Waals surface area contributed by atoms with Crippen LogP contribution in [0.1, 0.15) is 20.9 Å². The number of hydrogen-bond donors (Lipinski definition) is 2. The van der Waals surface area contributed by atoms with Gasteiger partial charge in [0.25, 0.3) is 11.8 Å². The van der Waals surface area contributed by atoms with Gasteiger partial charge in [0.05, 0.1) is 0 Å². The Hall–Kier alpha value is -4.36. The number of hydrogen-bond acceptors (Lipinski definition) is 5. The van der Waals surface area contributed by atoms with Crippen molar-refractivity contribution < 1.29 is 18.4 Å². The van der Waals surface area contributed by atoms with Crippen molar-refractivity contribution in [3.8, 4) is 0 Å². The van der Waals surface area contributed by atoms with Crippen LogP contribution in [-0.4, -0.2) is 11.8 Å². The topological polar surface area (TPSA) is 102 Å². The zero-order chi connectivity index (χ0) is 22.9. The molecule has 0 bridgehead atoms. The Kier molecular flexibility index (Phi) is 5.16. The van der Waals surface area contributed by atoms with Crippen LogP contribution in [0, 0.1) is 0 Å². The highest BCUT2D eigenvalue weighted by Gasteiger charge is 2.24. The lowest BCUT2D eigenvalue weighted by molar-refractivity contribution is 0.0999. The Morgan fingerprint density at radius 3 is 2.33 bits per heavy atom. The molecule has 0 unspecified atom stereocenters. The van der Waals surface area contributed by atoms with E-state index in [4.69, 9.17) is 20.4 Å². The normalized spacial score (nSPS) is 10.9. The van der Waals surface area contributed by atoms with Crippen molar-refractivity contribution in [1.82, 2.24) is 0 Å². The van der Waals surface area contributed by atoms with Gasteiger partial charge < -0.3 is 19.5 Å². The van der Waals surface area contributed by atoms with Crippen molar-refractivity contribution >= 4 is 56.7 Å². The smallest absolute Gasteiger partial charge is 0.349 e. The first kappa shape index (κ1) is 20.5. The molecule has 5 rings (SSSR count). The van der Waals surface area contributed by atoms with Crippen LogP contribution >= 0.6 is 11.6 Å². The number of carbonyl (C=O) groups is 2. The summed E-state index contributed by atoms with van der Waals surface area (Å²) in [5.41, 5.74) is 0.385. The van der Waals surface area contributed by atoms with Gasteiger partial charge in [0.1, 0.15) is 22.4 Å². The molecular weight excluding hydrogens is 444 g/mol. The fourth-order valence-corrected chi connectivity index (χ4v) is 3.67. The SMILES string of the molecule is O=C(Nc1cccc(Cl)c1)c1oc2ccccc2c1NC(=O)c1cc2ccccc2oc1=O. The fraction of sp³-hybridized carbons (Fsp3) is 0. The highest BCUT2D eigenvalue weighted by Crippen LogP contribution is 2.32. The first-order valence-corrected chi connectivity index (χ1v) is 10.3. The van der Waals surface area contributed by atoms with Crippen molar-refractivity contribution in [3.05, 3.63) is 106 Å². The fourth-order valence-electron chi connectivity index (χ4n) is 3.48. The molecule has 33 heavy (non-hydrogen) atoms. The van der Waals surface area contributed by atoms with Crippen LogP contribution in [0.15, 0.2) is 92.5 Å². The maximum Gasteiger partial charge on any atom is 0.349 e. The second-order valence-electron chi connectivity index (χ2n) is 7.21. The number of rotatable bonds is 4. The van der Waals surface area contributed by atoms with E-state index >= 15 is 0 Å². The van der Waals surface area contributed by atoms with Gasteiger partial charge in [-0.05, 0) is 42.5 Å². The zero-order valence-electron chi connectivity index (χ0n) is 16.9. The van der Waals surface area contributed by atoms with Gasteiger partial charge in [-0.3, -0.25) is 9.59 Å². The molecule has 2 heterocycles. The van der Waals surface area contributed by atoms with Crippen LogP contribution < -0.4 is 16.3 Å². The van der Waals surface area contributed by atoms with Crippen molar-refractivity contribution in [1.29, 1.82) is 0 Å². The Labute approximate surface area is 191 Å². The molecule has 0 atom stereocenters. The van der Waals surface area contributed by atoms with E-state index in [1.807, 2.05) is 0 Å². The Bertz CT molecular complexity index is 1600. The summed E-state index contributed by atoms with van der Waals surface area (Å²) in [6.45, 7) is 0. The Morgan fingerprint density at radius 2 is 1.52 bits per heavy atom. The van der Waals surface area contributed by atoms with Crippen LogP contribution in [0.3, 0.4) is 0 Å². The highest BCUT2D eigenvalue weighted by atomic mass is 35.5. The third-order valence-corrected chi connectivity index (χ3v) is 5.24. The summed E-state index contributed by atoms with van der Waals surface area (Å²) in [5.74, 6) is -1.43. The molecule has 2 aromatic heterocycles. The molecule has 0 saturated heterocycles. The maximum atomic E-state index is 13.0. The number of furan rings is 1. The van der Waals surface area contributed by atoms with Crippen molar-refractivity contribution in [3.63, 3.8) is 0 Å². The number of halogens is 1. The summed E-state index contributed by atoms with van der Waals surface area (Å²) in [4.78, 5) is 38.4. The van der Waals surface area contributed by atoms with Gasteiger partial charge in [0.15, 0.2) is 0 Å². The van der Waals surface area contributed by atoms with E-state index in [9.17, 15) is 14.4 Å². The molecule has 0 spiro atoms. The molecule has 2 amide bonds. The molecule has 7 nitrogen and oxygen atoms in total. The van der Waals surface area contributed by atoms with Crippen molar-refractivity contribution in [2.75, 3.05) is 10.6 Å².